The Morgan fingerprint density at radius 1 is 0.800 bits per heavy atom. The zero-order valence-corrected chi connectivity index (χ0v) is 28.8. The Labute approximate surface area is 276 Å². The molecule has 40 heavy (non-hydrogen) atoms. The van der Waals surface area contributed by atoms with Gasteiger partial charge in [-0.3, -0.25) is 0 Å². The second-order valence-corrected chi connectivity index (χ2v) is 11.5. The second kappa shape index (κ2) is 19.1. The van der Waals surface area contributed by atoms with E-state index in [1.54, 1.807) is 27.8 Å². The molecular formula is C37H48Cl2Zr. The Bertz CT molecular complexity index is 1160. The summed E-state index contributed by atoms with van der Waals surface area (Å²) >= 11 is 0. The molecule has 0 aliphatic heterocycles. The largest absolute Gasteiger partial charge is 2.00 e. The van der Waals surface area contributed by atoms with Crippen molar-refractivity contribution >= 4 is 5.57 Å². The maximum absolute atomic E-state index is 3.88. The van der Waals surface area contributed by atoms with Crippen molar-refractivity contribution in [3.63, 3.8) is 0 Å². The first-order valence-electron chi connectivity index (χ1n) is 15.0. The molecule has 2 aromatic carbocycles. The van der Waals surface area contributed by atoms with Crippen molar-refractivity contribution in [2.75, 3.05) is 0 Å². The van der Waals surface area contributed by atoms with Crippen LogP contribution in [-0.2, 0) is 45.5 Å². The molecule has 3 heteroatoms. The topological polar surface area (TPSA) is 0 Å². The molecule has 2 aliphatic carbocycles. The first-order valence-corrected chi connectivity index (χ1v) is 15.0. The van der Waals surface area contributed by atoms with Crippen molar-refractivity contribution in [3.8, 4) is 11.1 Å². The van der Waals surface area contributed by atoms with Crippen molar-refractivity contribution in [1.29, 1.82) is 0 Å². The standard InChI is InChI=1S/C37H48.2ClH.Zr/c1-5-7-9-11-13-15-19-29-23-24-32-31(25-29)26-36-35(32)27-34(28(3)4)33(22-16-14-12-10-8-6-2)37(36)30-20-17-18-21-30;;;/h5-6,17-18,20,23-25,27-28H,1-2,7-16,19,21-22,26H2,3-4H3;2*1H;/q;;;+2/p-2. The van der Waals surface area contributed by atoms with E-state index < -0.39 is 0 Å². The summed E-state index contributed by atoms with van der Waals surface area (Å²) in [6, 6.07) is 9.94. The zero-order valence-electron chi connectivity index (χ0n) is 24.8. The third-order valence-electron chi connectivity index (χ3n) is 8.33. The molecule has 0 radical (unpaired) electrons. The van der Waals surface area contributed by atoms with Crippen LogP contribution in [0.15, 0.2) is 67.8 Å². The molecule has 0 amide bonds. The normalized spacial score (nSPS) is 12.6. The molecule has 0 heterocycles. The fourth-order valence-electron chi connectivity index (χ4n) is 6.34. The third kappa shape index (κ3) is 9.44. The van der Waals surface area contributed by atoms with Gasteiger partial charge in [-0.1, -0.05) is 94.2 Å². The molecule has 4 rings (SSSR count). The van der Waals surface area contributed by atoms with Gasteiger partial charge in [-0.05, 0) is 120 Å². The van der Waals surface area contributed by atoms with E-state index in [1.807, 2.05) is 6.08 Å². The van der Waals surface area contributed by atoms with Gasteiger partial charge in [0, 0.05) is 0 Å². The number of unbranched alkanes of at least 4 members (excludes halogenated alkanes) is 8. The number of hydrogen-bond acceptors (Lipinski definition) is 0. The summed E-state index contributed by atoms with van der Waals surface area (Å²) in [7, 11) is 0. The SMILES string of the molecule is C=CCCCCCCc1ccc2c(c1)Cc1c-2cc(C(C)C)c(CCCCCCC=C)c1C1=CC=CC1.[Cl-].[Cl-].[Zr+2]. The Balaban J connectivity index is 0.00000267. The summed E-state index contributed by atoms with van der Waals surface area (Å²) in [5.41, 5.74) is 14.0. The van der Waals surface area contributed by atoms with Crippen LogP contribution in [0, 0.1) is 0 Å². The molecule has 2 aliphatic rings. The van der Waals surface area contributed by atoms with Crippen LogP contribution in [0.2, 0.25) is 0 Å². The van der Waals surface area contributed by atoms with Crippen molar-refractivity contribution in [2.45, 2.75) is 110 Å². The van der Waals surface area contributed by atoms with E-state index in [4.69, 9.17) is 0 Å². The van der Waals surface area contributed by atoms with E-state index in [9.17, 15) is 0 Å². The van der Waals surface area contributed by atoms with E-state index in [-0.39, 0.29) is 51.0 Å². The number of fused-ring (bicyclic) bond motifs is 3. The van der Waals surface area contributed by atoms with Gasteiger partial charge >= 0.3 is 26.2 Å². The van der Waals surface area contributed by atoms with Crippen LogP contribution in [0.1, 0.15) is 124 Å². The Hall–Kier alpha value is -1.14. The summed E-state index contributed by atoms with van der Waals surface area (Å²) in [4.78, 5) is 0. The molecule has 0 atom stereocenters. The fraction of sp³-hybridized carbons (Fsp3) is 0.459. The minimum absolute atomic E-state index is 0. The van der Waals surface area contributed by atoms with Gasteiger partial charge in [0.25, 0.3) is 0 Å². The molecule has 0 unspecified atom stereocenters. The molecule has 0 N–H and O–H groups in total. The Kier molecular flexibility index (Phi) is 17.6. The molecule has 0 aromatic heterocycles. The van der Waals surface area contributed by atoms with Gasteiger partial charge < -0.3 is 24.8 Å². The summed E-state index contributed by atoms with van der Waals surface area (Å²) < 4.78 is 0. The van der Waals surface area contributed by atoms with Crippen molar-refractivity contribution in [2.24, 2.45) is 0 Å². The molecular weight excluding hydrogens is 607 g/mol. The van der Waals surface area contributed by atoms with Gasteiger partial charge in [-0.2, -0.15) is 0 Å². The molecule has 0 bridgehead atoms. The molecule has 0 fully saturated rings. The Morgan fingerprint density at radius 3 is 2.05 bits per heavy atom. The predicted molar refractivity (Wildman–Crippen MR) is 164 cm³/mol. The number of rotatable bonds is 16. The van der Waals surface area contributed by atoms with E-state index in [0.717, 1.165) is 25.7 Å². The van der Waals surface area contributed by atoms with Crippen LogP contribution in [0.5, 0.6) is 0 Å². The smallest absolute Gasteiger partial charge is 1.00 e. The van der Waals surface area contributed by atoms with E-state index >= 15 is 0 Å². The quantitative estimate of drug-likeness (QED) is 0.149. The first-order chi connectivity index (χ1) is 18.1. The number of benzene rings is 2. The van der Waals surface area contributed by atoms with Crippen LogP contribution < -0.4 is 24.8 Å². The zero-order chi connectivity index (χ0) is 26.0. The monoisotopic (exact) mass is 652 g/mol. The van der Waals surface area contributed by atoms with Crippen molar-refractivity contribution < 1.29 is 51.0 Å². The molecule has 0 saturated carbocycles. The van der Waals surface area contributed by atoms with E-state index in [0.29, 0.717) is 5.92 Å². The van der Waals surface area contributed by atoms with Crippen LogP contribution >= 0.6 is 0 Å². The summed E-state index contributed by atoms with van der Waals surface area (Å²) in [5.74, 6) is 0.541. The van der Waals surface area contributed by atoms with Gasteiger partial charge in [0.15, 0.2) is 0 Å². The van der Waals surface area contributed by atoms with Crippen LogP contribution in [-0.4, -0.2) is 0 Å². The number of halogens is 2. The first kappa shape index (κ1) is 36.9. The van der Waals surface area contributed by atoms with Gasteiger partial charge in [-0.25, -0.2) is 0 Å². The van der Waals surface area contributed by atoms with Crippen LogP contribution in [0.3, 0.4) is 0 Å². The molecule has 214 valence electrons. The molecule has 0 saturated heterocycles. The molecule has 2 aromatic rings. The second-order valence-electron chi connectivity index (χ2n) is 11.5. The summed E-state index contributed by atoms with van der Waals surface area (Å²) in [6.07, 6.45) is 28.4. The predicted octanol–water partition coefficient (Wildman–Crippen LogP) is 5.09. The van der Waals surface area contributed by atoms with Gasteiger partial charge in [0.05, 0.1) is 0 Å². The summed E-state index contributed by atoms with van der Waals surface area (Å²) in [6.45, 7) is 12.5. The number of allylic oxidation sites excluding steroid dienone is 6. The van der Waals surface area contributed by atoms with Crippen molar-refractivity contribution in [1.82, 2.24) is 0 Å². The average Bonchev–Trinajstić information content (AvgIpc) is 3.55. The number of aryl methyl sites for hydroxylation is 1. The van der Waals surface area contributed by atoms with E-state index in [2.05, 4.69) is 75.6 Å². The van der Waals surface area contributed by atoms with Gasteiger partial charge in [0.2, 0.25) is 0 Å². The molecule has 0 nitrogen and oxygen atoms in total. The van der Waals surface area contributed by atoms with Crippen LogP contribution in [0.25, 0.3) is 16.7 Å². The van der Waals surface area contributed by atoms with Crippen LogP contribution in [0.4, 0.5) is 0 Å². The number of hydrogen-bond donors (Lipinski definition) is 0. The average molecular weight is 655 g/mol. The minimum Gasteiger partial charge on any atom is -1.00 e. The van der Waals surface area contributed by atoms with Gasteiger partial charge in [-0.15, -0.1) is 13.2 Å². The van der Waals surface area contributed by atoms with E-state index in [1.165, 1.54) is 86.5 Å². The van der Waals surface area contributed by atoms with Crippen molar-refractivity contribution in [3.05, 3.63) is 101 Å². The fourth-order valence-corrected chi connectivity index (χ4v) is 6.34. The Morgan fingerprint density at radius 2 is 1.45 bits per heavy atom. The third-order valence-corrected chi connectivity index (χ3v) is 8.33. The maximum atomic E-state index is 3.88. The van der Waals surface area contributed by atoms with Gasteiger partial charge in [0.1, 0.15) is 0 Å². The molecule has 0 spiro atoms. The minimum atomic E-state index is 0. The maximum Gasteiger partial charge on any atom is 2.00 e. The summed E-state index contributed by atoms with van der Waals surface area (Å²) in [5, 5.41) is 0.